The average molecular weight is 453 g/mol. The van der Waals surface area contributed by atoms with E-state index in [2.05, 4.69) is 31.2 Å². The Morgan fingerprint density at radius 2 is 1.39 bits per heavy atom. The summed E-state index contributed by atoms with van der Waals surface area (Å²) in [5.74, 6) is 4.43. The highest BCUT2D eigenvalue weighted by Gasteiger charge is 2.66. The molecule has 7 fully saturated rings. The predicted octanol–water partition coefficient (Wildman–Crippen LogP) is 7.13. The van der Waals surface area contributed by atoms with Crippen molar-refractivity contribution in [3.8, 4) is 5.75 Å². The van der Waals surface area contributed by atoms with E-state index in [0.29, 0.717) is 23.9 Å². The first kappa shape index (κ1) is 21.2. The lowest BCUT2D eigenvalue weighted by Crippen LogP contribution is -2.59. The maximum atomic E-state index is 6.89. The molecule has 7 aliphatic rings. The molecular formula is C29H40O4. The van der Waals surface area contributed by atoms with Gasteiger partial charge in [-0.15, -0.1) is 0 Å². The van der Waals surface area contributed by atoms with E-state index >= 15 is 0 Å². The molecule has 6 saturated carbocycles. The second-order valence-corrected chi connectivity index (χ2v) is 12.5. The molecule has 4 bridgehead atoms. The van der Waals surface area contributed by atoms with Gasteiger partial charge in [-0.3, -0.25) is 0 Å². The van der Waals surface area contributed by atoms with Gasteiger partial charge in [0.25, 0.3) is 0 Å². The lowest BCUT2D eigenvalue weighted by Gasteiger charge is -2.57. The molecule has 6 aliphatic carbocycles. The zero-order valence-corrected chi connectivity index (χ0v) is 20.2. The molecule has 8 rings (SSSR count). The fraction of sp³-hybridized carbons (Fsp3) is 0.793. The number of hydrogen-bond donors (Lipinski definition) is 0. The van der Waals surface area contributed by atoms with Gasteiger partial charge in [0.05, 0.1) is 6.10 Å². The molecule has 0 unspecified atom stereocenters. The normalized spacial score (nSPS) is 48.6. The number of ether oxygens (including phenoxy) is 2. The molecule has 4 nitrogen and oxygen atoms in total. The molecule has 1 aromatic carbocycles. The lowest BCUT2D eigenvalue weighted by molar-refractivity contribution is -0.390. The predicted molar refractivity (Wildman–Crippen MR) is 125 cm³/mol. The molecule has 180 valence electrons. The van der Waals surface area contributed by atoms with Crippen LogP contribution >= 0.6 is 0 Å². The van der Waals surface area contributed by atoms with Gasteiger partial charge < -0.3 is 9.47 Å². The molecule has 0 radical (unpaired) electrons. The molecule has 0 amide bonds. The van der Waals surface area contributed by atoms with E-state index in [-0.39, 0.29) is 0 Å². The summed E-state index contributed by atoms with van der Waals surface area (Å²) < 4.78 is 13.2. The Hall–Kier alpha value is -1.10. The molecule has 1 saturated heterocycles. The molecule has 0 atom stereocenters. The maximum absolute atomic E-state index is 6.89. The topological polar surface area (TPSA) is 36.9 Å². The summed E-state index contributed by atoms with van der Waals surface area (Å²) in [6, 6.07) is 8.95. The molecular weight excluding hydrogens is 412 g/mol. The highest BCUT2D eigenvalue weighted by molar-refractivity contribution is 5.30. The fourth-order valence-corrected chi connectivity index (χ4v) is 8.54. The van der Waals surface area contributed by atoms with Gasteiger partial charge in [-0.2, -0.15) is 9.78 Å². The van der Waals surface area contributed by atoms with Crippen molar-refractivity contribution in [3.05, 3.63) is 29.8 Å². The molecule has 1 aliphatic heterocycles. The van der Waals surface area contributed by atoms with Gasteiger partial charge in [-0.1, -0.05) is 19.1 Å². The van der Waals surface area contributed by atoms with Crippen LogP contribution in [0.15, 0.2) is 24.3 Å². The van der Waals surface area contributed by atoms with Gasteiger partial charge in [0.2, 0.25) is 11.6 Å². The van der Waals surface area contributed by atoms with Gasteiger partial charge in [-0.25, -0.2) is 0 Å². The third kappa shape index (κ3) is 3.67. The zero-order valence-electron chi connectivity index (χ0n) is 20.2. The van der Waals surface area contributed by atoms with E-state index in [0.717, 1.165) is 49.2 Å². The Kier molecular flexibility index (Phi) is 5.12. The largest absolute Gasteiger partial charge is 0.490 e. The monoisotopic (exact) mass is 452 g/mol. The van der Waals surface area contributed by atoms with Crippen molar-refractivity contribution in [3.63, 3.8) is 0 Å². The van der Waals surface area contributed by atoms with Crippen LogP contribution in [0, 0.1) is 29.6 Å². The quantitative estimate of drug-likeness (QED) is 0.457. The Balaban J connectivity index is 0.970. The van der Waals surface area contributed by atoms with Gasteiger partial charge in [0.15, 0.2) is 0 Å². The van der Waals surface area contributed by atoms with Gasteiger partial charge in [0.1, 0.15) is 5.75 Å². The Morgan fingerprint density at radius 3 is 2.03 bits per heavy atom. The van der Waals surface area contributed by atoms with E-state index in [9.17, 15) is 0 Å². The van der Waals surface area contributed by atoms with Crippen molar-refractivity contribution >= 4 is 0 Å². The minimum absolute atomic E-state index is 0.399. The minimum atomic E-state index is -0.507. The third-order valence-corrected chi connectivity index (χ3v) is 10.3. The van der Waals surface area contributed by atoms with E-state index in [1.165, 1.54) is 63.4 Å². The van der Waals surface area contributed by atoms with Crippen LogP contribution in [-0.2, 0) is 14.5 Å². The first-order valence-corrected chi connectivity index (χ1v) is 13.9. The Morgan fingerprint density at radius 1 is 0.758 bits per heavy atom. The summed E-state index contributed by atoms with van der Waals surface area (Å²) in [6.45, 7) is 2.36. The van der Waals surface area contributed by atoms with Crippen molar-refractivity contribution < 1.29 is 19.2 Å². The molecule has 1 aromatic rings. The molecule has 0 N–H and O–H groups in total. The smallest absolute Gasteiger partial charge is 0.210 e. The summed E-state index contributed by atoms with van der Waals surface area (Å²) in [5.41, 5.74) is 1.43. The molecule has 0 aromatic heterocycles. The van der Waals surface area contributed by atoms with Gasteiger partial charge in [0, 0.05) is 24.7 Å². The van der Waals surface area contributed by atoms with Crippen LogP contribution in [0.4, 0.5) is 0 Å². The van der Waals surface area contributed by atoms with Gasteiger partial charge in [-0.05, 0) is 112 Å². The SMILES string of the molecule is CC1CCC(Oc2ccc(C3CCC4(CC3)OOC3(O4)C4CC5CC(C4)CC3C5)cc2)CC1. The molecule has 4 heteroatoms. The highest BCUT2D eigenvalue weighted by atomic mass is 17.3. The van der Waals surface area contributed by atoms with E-state index < -0.39 is 11.6 Å². The number of rotatable bonds is 3. The van der Waals surface area contributed by atoms with Crippen LogP contribution in [0.1, 0.15) is 102 Å². The first-order valence-electron chi connectivity index (χ1n) is 13.9. The van der Waals surface area contributed by atoms with Crippen molar-refractivity contribution in [2.75, 3.05) is 0 Å². The van der Waals surface area contributed by atoms with Crippen LogP contribution < -0.4 is 4.74 Å². The fourth-order valence-electron chi connectivity index (χ4n) is 8.54. The van der Waals surface area contributed by atoms with Crippen molar-refractivity contribution in [2.24, 2.45) is 29.6 Å². The first-order chi connectivity index (χ1) is 16.1. The number of benzene rings is 1. The summed E-state index contributed by atoms with van der Waals surface area (Å²) >= 11 is 0. The maximum Gasteiger partial charge on any atom is 0.210 e. The van der Waals surface area contributed by atoms with E-state index in [4.69, 9.17) is 19.2 Å². The molecule has 33 heavy (non-hydrogen) atoms. The zero-order chi connectivity index (χ0) is 22.0. The summed E-state index contributed by atoms with van der Waals surface area (Å²) in [7, 11) is 0. The third-order valence-electron chi connectivity index (χ3n) is 10.3. The second-order valence-electron chi connectivity index (χ2n) is 12.5. The summed E-state index contributed by atoms with van der Waals surface area (Å²) in [6.07, 6.45) is 16.0. The average Bonchev–Trinajstić information content (AvgIpc) is 3.20. The van der Waals surface area contributed by atoms with Gasteiger partial charge >= 0.3 is 0 Å². The molecule has 2 spiro atoms. The Bertz CT molecular complexity index is 819. The van der Waals surface area contributed by atoms with Crippen molar-refractivity contribution in [2.45, 2.75) is 114 Å². The molecule has 1 heterocycles. The number of hydrogen-bond acceptors (Lipinski definition) is 4. The standard InChI is InChI=1S/C29H40O4/c1-19-2-6-26(7-3-19)30-27-8-4-22(5-9-27)23-10-12-28(13-11-23)31-29(33-32-28)24-15-20-14-21(17-24)18-25(29)16-20/h4-5,8-9,19-21,23-26H,2-3,6-7,10-18H2,1H3. The van der Waals surface area contributed by atoms with E-state index in [1.54, 1.807) is 0 Å². The summed E-state index contributed by atoms with van der Waals surface area (Å²) in [5, 5.41) is 0. The van der Waals surface area contributed by atoms with Crippen LogP contribution in [0.2, 0.25) is 0 Å². The van der Waals surface area contributed by atoms with E-state index in [1.807, 2.05) is 0 Å². The van der Waals surface area contributed by atoms with Crippen LogP contribution in [-0.4, -0.2) is 17.7 Å². The lowest BCUT2D eigenvalue weighted by atomic mass is 9.53. The summed E-state index contributed by atoms with van der Waals surface area (Å²) in [4.78, 5) is 12.3. The highest BCUT2D eigenvalue weighted by Crippen LogP contribution is 2.64. The second kappa shape index (κ2) is 7.96. The Labute approximate surface area is 198 Å². The van der Waals surface area contributed by atoms with Crippen LogP contribution in [0.3, 0.4) is 0 Å². The van der Waals surface area contributed by atoms with Crippen LogP contribution in [0.25, 0.3) is 0 Å². The minimum Gasteiger partial charge on any atom is -0.490 e. The van der Waals surface area contributed by atoms with Crippen molar-refractivity contribution in [1.29, 1.82) is 0 Å². The van der Waals surface area contributed by atoms with Crippen LogP contribution in [0.5, 0.6) is 5.75 Å². The van der Waals surface area contributed by atoms with Crippen molar-refractivity contribution in [1.82, 2.24) is 0 Å².